The van der Waals surface area contributed by atoms with E-state index in [1.165, 1.54) is 0 Å². The fourth-order valence-corrected chi connectivity index (χ4v) is 9.13. The number of para-hydroxylation sites is 2. The van der Waals surface area contributed by atoms with Gasteiger partial charge in [-0.25, -0.2) is 9.97 Å². The van der Waals surface area contributed by atoms with Crippen LogP contribution in [0.1, 0.15) is 8.22 Å². The number of hydrogen-bond acceptors (Lipinski definition) is 5. The molecule has 0 aliphatic heterocycles. The van der Waals surface area contributed by atoms with E-state index in [0.717, 1.165) is 63.1 Å². The van der Waals surface area contributed by atoms with Crippen LogP contribution in [0.25, 0.3) is 85.0 Å². The van der Waals surface area contributed by atoms with Gasteiger partial charge in [0, 0.05) is 28.2 Å². The van der Waals surface area contributed by atoms with Gasteiger partial charge in [0.25, 0.3) is 0 Å². The first-order valence-corrected chi connectivity index (χ1v) is 19.5. The van der Waals surface area contributed by atoms with E-state index in [0.29, 0.717) is 16.9 Å². The molecule has 55 heavy (non-hydrogen) atoms. The van der Waals surface area contributed by atoms with Crippen molar-refractivity contribution < 1.29 is 8.22 Å². The standard InChI is InChI=1S/C50H31N3S2/c1-2-8-43-32(7-1)13-14-33-15-16-39(31-44(33)43)36-17-18-38-30-42(28-23-37(38)29-36)53(40-24-19-34(20-25-40)49-51-45-9-3-5-11-47(45)54-49)41-26-21-35(22-27-41)50-52-46-10-4-6-12-48(46)55-50/h1-31H/i17D,18D,23D,28D,29D,30D. The lowest BCUT2D eigenvalue weighted by atomic mass is 9.96. The molecule has 0 atom stereocenters. The molecule has 0 unspecified atom stereocenters. The molecule has 0 saturated carbocycles. The third kappa shape index (κ3) is 5.73. The number of aromatic nitrogens is 2. The molecule has 11 aromatic rings. The Kier molecular flexibility index (Phi) is 6.20. The van der Waals surface area contributed by atoms with Crippen molar-refractivity contribution in [3.8, 4) is 32.3 Å². The second kappa shape index (κ2) is 13.0. The lowest BCUT2D eigenvalue weighted by Crippen LogP contribution is -2.09. The number of thiazole rings is 2. The average molecular weight is 744 g/mol. The summed E-state index contributed by atoms with van der Waals surface area (Å²) in [7, 11) is 0. The average Bonchev–Trinajstić information content (AvgIpc) is 3.94. The Balaban J connectivity index is 1.09. The fraction of sp³-hybridized carbons (Fsp3) is 0. The van der Waals surface area contributed by atoms with Crippen molar-refractivity contribution in [2.45, 2.75) is 0 Å². The van der Waals surface area contributed by atoms with Gasteiger partial charge in [-0.2, -0.15) is 0 Å². The van der Waals surface area contributed by atoms with Gasteiger partial charge >= 0.3 is 0 Å². The Bertz CT molecular complexity index is 3380. The molecule has 0 saturated heterocycles. The third-order valence-corrected chi connectivity index (χ3v) is 12.1. The van der Waals surface area contributed by atoms with E-state index in [2.05, 4.69) is 6.07 Å². The zero-order valence-electron chi connectivity index (χ0n) is 35.1. The van der Waals surface area contributed by atoms with Crippen molar-refractivity contribution in [2.24, 2.45) is 0 Å². The predicted molar refractivity (Wildman–Crippen MR) is 236 cm³/mol. The van der Waals surface area contributed by atoms with Crippen LogP contribution >= 0.6 is 22.7 Å². The lowest BCUT2D eigenvalue weighted by Gasteiger charge is -2.26. The second-order valence-corrected chi connectivity index (χ2v) is 15.4. The molecule has 5 heteroatoms. The summed E-state index contributed by atoms with van der Waals surface area (Å²) in [4.78, 5) is 11.5. The first kappa shape index (κ1) is 26.2. The number of fused-ring (bicyclic) bond motifs is 6. The minimum Gasteiger partial charge on any atom is -0.310 e. The van der Waals surface area contributed by atoms with Crippen LogP contribution in [0.15, 0.2) is 188 Å². The molecule has 3 nitrogen and oxygen atoms in total. The highest BCUT2D eigenvalue weighted by atomic mass is 32.1. The van der Waals surface area contributed by atoms with Crippen LogP contribution in [0.5, 0.6) is 0 Å². The quantitative estimate of drug-likeness (QED) is 0.159. The first-order valence-electron chi connectivity index (χ1n) is 20.9. The molecule has 11 rings (SSSR count). The highest BCUT2D eigenvalue weighted by Gasteiger charge is 2.16. The molecule has 0 bridgehead atoms. The van der Waals surface area contributed by atoms with E-state index in [1.54, 1.807) is 27.6 Å². The SMILES string of the molecule is [2H]c1c(N(c2ccc(-c3nc4ccccc4s3)cc2)c2ccc(-c3nc4ccccc4s3)cc2)c([2H])c2c([2H])c([2H])c(-c3ccc4ccc5ccccc5c4c3)c([2H])c2c1[2H]. The molecular weight excluding hydrogens is 707 g/mol. The van der Waals surface area contributed by atoms with Gasteiger partial charge in [0.2, 0.25) is 0 Å². The van der Waals surface area contributed by atoms with Gasteiger partial charge in [-0.05, 0) is 140 Å². The summed E-state index contributed by atoms with van der Waals surface area (Å²) in [5.41, 5.74) is 5.76. The summed E-state index contributed by atoms with van der Waals surface area (Å²) >= 11 is 3.20. The van der Waals surface area contributed by atoms with E-state index in [4.69, 9.17) is 9.97 Å². The van der Waals surface area contributed by atoms with Crippen molar-refractivity contribution in [3.05, 3.63) is 188 Å². The molecule has 0 aliphatic rings. The van der Waals surface area contributed by atoms with Crippen molar-refractivity contribution in [1.82, 2.24) is 9.97 Å². The molecule has 0 radical (unpaired) electrons. The van der Waals surface area contributed by atoms with Gasteiger partial charge in [0.05, 0.1) is 28.7 Å². The van der Waals surface area contributed by atoms with Crippen molar-refractivity contribution in [2.75, 3.05) is 4.90 Å². The molecule has 9 aromatic carbocycles. The Morgan fingerprint density at radius 2 is 0.927 bits per heavy atom. The Hall–Kier alpha value is -6.66. The van der Waals surface area contributed by atoms with Crippen LogP contribution in [0.2, 0.25) is 0 Å². The van der Waals surface area contributed by atoms with Crippen LogP contribution < -0.4 is 4.90 Å². The number of benzene rings is 9. The molecule has 0 N–H and O–H groups in total. The van der Waals surface area contributed by atoms with Crippen LogP contribution in [0.4, 0.5) is 17.1 Å². The first-order chi connectivity index (χ1) is 29.7. The molecule has 2 heterocycles. The van der Waals surface area contributed by atoms with Gasteiger partial charge in [-0.1, -0.05) is 90.9 Å². The lowest BCUT2D eigenvalue weighted by molar-refractivity contribution is 1.29. The van der Waals surface area contributed by atoms with Crippen LogP contribution in [-0.2, 0) is 0 Å². The summed E-state index contributed by atoms with van der Waals surface area (Å²) in [5.74, 6) is 0. The molecule has 2 aromatic heterocycles. The number of rotatable bonds is 6. The summed E-state index contributed by atoms with van der Waals surface area (Å²) in [6.07, 6.45) is 0. The Morgan fingerprint density at radius 3 is 1.58 bits per heavy atom. The highest BCUT2D eigenvalue weighted by molar-refractivity contribution is 7.22. The molecule has 0 spiro atoms. The van der Waals surface area contributed by atoms with E-state index >= 15 is 0 Å². The number of hydrogen-bond donors (Lipinski definition) is 0. The van der Waals surface area contributed by atoms with Crippen molar-refractivity contribution in [1.29, 1.82) is 0 Å². The summed E-state index contributed by atoms with van der Waals surface area (Å²) in [6, 6.07) is 48.0. The van der Waals surface area contributed by atoms with Crippen LogP contribution in [0.3, 0.4) is 0 Å². The van der Waals surface area contributed by atoms with Crippen molar-refractivity contribution >= 4 is 92.5 Å². The minimum atomic E-state index is -0.283. The zero-order chi connectivity index (χ0) is 41.5. The van der Waals surface area contributed by atoms with Crippen LogP contribution in [0, 0.1) is 0 Å². The number of nitrogens with zero attached hydrogens (tertiary/aromatic N) is 3. The summed E-state index contributed by atoms with van der Waals surface area (Å²) in [6.45, 7) is 0. The third-order valence-electron chi connectivity index (χ3n) is 9.95. The summed E-state index contributed by atoms with van der Waals surface area (Å²) in [5, 5.41) is 5.76. The van der Waals surface area contributed by atoms with Gasteiger partial charge in [-0.3, -0.25) is 0 Å². The molecule has 0 fully saturated rings. The maximum Gasteiger partial charge on any atom is 0.124 e. The normalized spacial score (nSPS) is 13.2. The van der Waals surface area contributed by atoms with Gasteiger partial charge in [0.15, 0.2) is 0 Å². The maximum absolute atomic E-state index is 9.74. The highest BCUT2D eigenvalue weighted by Crippen LogP contribution is 2.40. The van der Waals surface area contributed by atoms with Gasteiger partial charge in [0.1, 0.15) is 10.0 Å². The summed E-state index contributed by atoms with van der Waals surface area (Å²) < 4.78 is 59.2. The molecular formula is C50H31N3S2. The largest absolute Gasteiger partial charge is 0.310 e. The van der Waals surface area contributed by atoms with Gasteiger partial charge in [-0.15, -0.1) is 22.7 Å². The zero-order valence-corrected chi connectivity index (χ0v) is 30.7. The Morgan fingerprint density at radius 1 is 0.400 bits per heavy atom. The number of anilines is 3. The second-order valence-electron chi connectivity index (χ2n) is 13.3. The molecule has 0 amide bonds. The van der Waals surface area contributed by atoms with Gasteiger partial charge < -0.3 is 4.90 Å². The minimum absolute atomic E-state index is 0.00471. The predicted octanol–water partition coefficient (Wildman–Crippen LogP) is 14.8. The Labute approximate surface area is 334 Å². The maximum atomic E-state index is 9.74. The van der Waals surface area contributed by atoms with E-state index in [-0.39, 0.29) is 58.3 Å². The monoisotopic (exact) mass is 743 g/mol. The molecule has 0 aliphatic carbocycles. The van der Waals surface area contributed by atoms with Crippen LogP contribution in [-0.4, -0.2) is 9.97 Å². The topological polar surface area (TPSA) is 29.0 Å². The van der Waals surface area contributed by atoms with E-state index < -0.39 is 0 Å². The van der Waals surface area contributed by atoms with E-state index in [1.807, 2.05) is 146 Å². The van der Waals surface area contributed by atoms with E-state index in [9.17, 15) is 8.22 Å². The smallest absolute Gasteiger partial charge is 0.124 e. The fourth-order valence-electron chi connectivity index (χ4n) is 7.18. The van der Waals surface area contributed by atoms with Crippen molar-refractivity contribution in [3.63, 3.8) is 0 Å². The molecule has 258 valence electrons.